The van der Waals surface area contributed by atoms with Crippen molar-refractivity contribution in [3.8, 4) is 39.8 Å². The Kier molecular flexibility index (Phi) is 4.53. The molecule has 5 aromatic carbocycles. The molecule has 0 saturated heterocycles. The SMILES string of the molecule is C1=Cc2c(n(-c3ccc(-c4cc5c6c(c4)Oc4ccccc4B6c4ccccc4O5)cc3)c3ccccc23)CC1. The second-order valence-electron chi connectivity index (χ2n) is 10.8. The average molecular weight is 513 g/mol. The van der Waals surface area contributed by atoms with Gasteiger partial charge in [-0.1, -0.05) is 78.9 Å². The summed E-state index contributed by atoms with van der Waals surface area (Å²) in [5.74, 6) is 3.56. The Balaban J connectivity index is 1.17. The predicted octanol–water partition coefficient (Wildman–Crippen LogP) is 6.98. The Hall–Kier alpha value is -4.96. The first-order valence-electron chi connectivity index (χ1n) is 13.9. The molecule has 0 atom stereocenters. The molecule has 6 aromatic rings. The molecule has 1 aromatic heterocycles. The van der Waals surface area contributed by atoms with Crippen molar-refractivity contribution in [1.82, 2.24) is 4.57 Å². The topological polar surface area (TPSA) is 23.4 Å². The highest BCUT2D eigenvalue weighted by molar-refractivity contribution is 6.98. The molecule has 2 aliphatic heterocycles. The fraction of sp³-hybridized carbons (Fsp3) is 0.0556. The second kappa shape index (κ2) is 8.27. The molecule has 0 N–H and O–H groups in total. The Morgan fingerprint density at radius 1 is 0.625 bits per heavy atom. The molecule has 0 unspecified atom stereocenters. The van der Waals surface area contributed by atoms with Gasteiger partial charge in [-0.05, 0) is 77.4 Å². The van der Waals surface area contributed by atoms with Crippen LogP contribution in [-0.2, 0) is 6.42 Å². The first kappa shape index (κ1) is 21.9. The second-order valence-corrected chi connectivity index (χ2v) is 10.8. The van der Waals surface area contributed by atoms with Gasteiger partial charge in [0.1, 0.15) is 23.0 Å². The van der Waals surface area contributed by atoms with Crippen molar-refractivity contribution < 1.29 is 9.47 Å². The van der Waals surface area contributed by atoms with Crippen LogP contribution in [0.15, 0.2) is 115 Å². The normalized spacial score (nSPS) is 14.1. The lowest BCUT2D eigenvalue weighted by molar-refractivity contribution is 0.465. The molecule has 0 radical (unpaired) electrons. The van der Waals surface area contributed by atoms with Crippen LogP contribution in [0.5, 0.6) is 23.0 Å². The molecule has 0 fully saturated rings. The average Bonchev–Trinajstić information content (AvgIpc) is 3.35. The van der Waals surface area contributed by atoms with E-state index < -0.39 is 0 Å². The van der Waals surface area contributed by atoms with Gasteiger partial charge in [0.05, 0.1) is 5.52 Å². The van der Waals surface area contributed by atoms with Crippen LogP contribution in [-0.4, -0.2) is 11.3 Å². The zero-order chi connectivity index (χ0) is 26.2. The molecule has 3 aliphatic rings. The monoisotopic (exact) mass is 513 g/mol. The zero-order valence-corrected chi connectivity index (χ0v) is 21.8. The molecule has 0 saturated carbocycles. The van der Waals surface area contributed by atoms with E-state index in [1.165, 1.54) is 38.8 Å². The van der Waals surface area contributed by atoms with Crippen LogP contribution in [0, 0.1) is 0 Å². The van der Waals surface area contributed by atoms with Gasteiger partial charge in [0.2, 0.25) is 0 Å². The summed E-state index contributed by atoms with van der Waals surface area (Å²) in [4.78, 5) is 0. The van der Waals surface area contributed by atoms with Gasteiger partial charge in [-0.2, -0.15) is 0 Å². The van der Waals surface area contributed by atoms with Gasteiger partial charge < -0.3 is 14.0 Å². The number of hydrogen-bond acceptors (Lipinski definition) is 2. The molecule has 3 nitrogen and oxygen atoms in total. The van der Waals surface area contributed by atoms with Crippen LogP contribution in [0.2, 0.25) is 0 Å². The third kappa shape index (κ3) is 3.08. The van der Waals surface area contributed by atoms with E-state index in [-0.39, 0.29) is 6.71 Å². The Morgan fingerprint density at radius 2 is 1.27 bits per heavy atom. The van der Waals surface area contributed by atoms with E-state index in [0.717, 1.165) is 52.4 Å². The maximum atomic E-state index is 6.50. The van der Waals surface area contributed by atoms with Crippen LogP contribution in [0.3, 0.4) is 0 Å². The van der Waals surface area contributed by atoms with Crippen molar-refractivity contribution in [3.63, 3.8) is 0 Å². The molecular weight excluding hydrogens is 489 g/mol. The fourth-order valence-corrected chi connectivity index (χ4v) is 6.83. The van der Waals surface area contributed by atoms with Gasteiger partial charge in [0.25, 0.3) is 6.71 Å². The molecular formula is C36H24BNO2. The smallest absolute Gasteiger partial charge is 0.260 e. The lowest BCUT2D eigenvalue weighted by Gasteiger charge is -2.33. The third-order valence-corrected chi connectivity index (χ3v) is 8.60. The summed E-state index contributed by atoms with van der Waals surface area (Å²) < 4.78 is 15.4. The van der Waals surface area contributed by atoms with Gasteiger partial charge in [-0.25, -0.2) is 0 Å². The van der Waals surface area contributed by atoms with Crippen LogP contribution in [0.25, 0.3) is 33.8 Å². The van der Waals surface area contributed by atoms with Gasteiger partial charge in [-0.15, -0.1) is 0 Å². The zero-order valence-electron chi connectivity index (χ0n) is 21.8. The number of benzene rings is 5. The first-order valence-corrected chi connectivity index (χ1v) is 13.9. The minimum Gasteiger partial charge on any atom is -0.458 e. The van der Waals surface area contributed by atoms with E-state index in [4.69, 9.17) is 9.47 Å². The number of hydrogen-bond donors (Lipinski definition) is 0. The van der Waals surface area contributed by atoms with E-state index in [2.05, 4.69) is 114 Å². The van der Waals surface area contributed by atoms with E-state index in [1.54, 1.807) is 0 Å². The number of aromatic nitrogens is 1. The highest BCUT2D eigenvalue weighted by Crippen LogP contribution is 2.39. The number of ether oxygens (including phenoxy) is 2. The maximum absolute atomic E-state index is 6.50. The highest BCUT2D eigenvalue weighted by atomic mass is 16.5. The summed E-state index contributed by atoms with van der Waals surface area (Å²) in [6.07, 6.45) is 6.70. The van der Waals surface area contributed by atoms with Crippen molar-refractivity contribution in [3.05, 3.63) is 127 Å². The van der Waals surface area contributed by atoms with Crippen LogP contribution < -0.4 is 25.9 Å². The fourth-order valence-electron chi connectivity index (χ4n) is 6.83. The summed E-state index contributed by atoms with van der Waals surface area (Å²) in [7, 11) is 0. The molecule has 188 valence electrons. The Morgan fingerprint density at radius 3 is 2.00 bits per heavy atom. The number of fused-ring (bicyclic) bond motifs is 7. The molecule has 0 amide bonds. The molecule has 40 heavy (non-hydrogen) atoms. The van der Waals surface area contributed by atoms with Crippen LogP contribution in [0.4, 0.5) is 0 Å². The Labute approximate surface area is 233 Å². The number of rotatable bonds is 2. The Bertz CT molecular complexity index is 1950. The lowest BCUT2D eigenvalue weighted by Crippen LogP contribution is -2.57. The standard InChI is InChI=1S/C36H24BNO2/c1-5-13-30-26(9-1)27-10-2-6-14-31(27)38(30)25-19-17-23(18-20-25)24-21-34-36-35(22-24)40-33-16-8-4-12-29(33)37(36)28-11-3-7-15-32(28)39-34/h1-5,7-13,15-22H,6,14H2. The number of para-hydroxylation sites is 3. The molecule has 0 spiro atoms. The highest BCUT2D eigenvalue weighted by Gasteiger charge is 2.40. The lowest BCUT2D eigenvalue weighted by atomic mass is 9.35. The van der Waals surface area contributed by atoms with Crippen LogP contribution in [0.1, 0.15) is 17.7 Å². The molecule has 9 rings (SSSR count). The summed E-state index contributed by atoms with van der Waals surface area (Å²) in [5.41, 5.74) is 10.9. The largest absolute Gasteiger partial charge is 0.458 e. The molecule has 1 aliphatic carbocycles. The molecule has 3 heterocycles. The van der Waals surface area contributed by atoms with Crippen molar-refractivity contribution in [1.29, 1.82) is 0 Å². The van der Waals surface area contributed by atoms with Crippen molar-refractivity contribution in [2.75, 3.05) is 0 Å². The van der Waals surface area contributed by atoms with Crippen molar-refractivity contribution >= 4 is 40.1 Å². The molecule has 4 heteroatoms. The quantitative estimate of drug-likeness (QED) is 0.233. The van der Waals surface area contributed by atoms with Crippen molar-refractivity contribution in [2.45, 2.75) is 12.8 Å². The summed E-state index contributed by atoms with van der Waals surface area (Å²) in [5, 5.41) is 1.32. The summed E-state index contributed by atoms with van der Waals surface area (Å²) in [6, 6.07) is 38.7. The van der Waals surface area contributed by atoms with E-state index in [0.29, 0.717) is 0 Å². The van der Waals surface area contributed by atoms with E-state index in [1.807, 2.05) is 12.1 Å². The van der Waals surface area contributed by atoms with Gasteiger partial charge in [0, 0.05) is 27.8 Å². The third-order valence-electron chi connectivity index (χ3n) is 8.60. The van der Waals surface area contributed by atoms with E-state index >= 15 is 0 Å². The minimum atomic E-state index is 0.0959. The first-order chi connectivity index (χ1) is 19.8. The number of allylic oxidation sites excluding steroid dienone is 1. The van der Waals surface area contributed by atoms with E-state index in [9.17, 15) is 0 Å². The molecule has 0 bridgehead atoms. The number of nitrogens with zero attached hydrogens (tertiary/aromatic N) is 1. The van der Waals surface area contributed by atoms with Gasteiger partial charge in [-0.3, -0.25) is 0 Å². The van der Waals surface area contributed by atoms with Crippen LogP contribution >= 0.6 is 0 Å². The minimum absolute atomic E-state index is 0.0959. The van der Waals surface area contributed by atoms with Gasteiger partial charge in [0.15, 0.2) is 0 Å². The van der Waals surface area contributed by atoms with Gasteiger partial charge >= 0.3 is 0 Å². The summed E-state index contributed by atoms with van der Waals surface area (Å²) >= 11 is 0. The predicted molar refractivity (Wildman–Crippen MR) is 164 cm³/mol. The van der Waals surface area contributed by atoms with Crippen molar-refractivity contribution in [2.24, 2.45) is 0 Å². The summed E-state index contributed by atoms with van der Waals surface area (Å²) in [6.45, 7) is 0.0959. The maximum Gasteiger partial charge on any atom is 0.260 e.